The van der Waals surface area contributed by atoms with Gasteiger partial charge in [0.05, 0.1) is 12.2 Å². The maximum Gasteiger partial charge on any atom is 0.236 e. The van der Waals surface area contributed by atoms with Crippen LogP contribution in [-0.2, 0) is 4.79 Å². The molecule has 0 spiro atoms. The van der Waals surface area contributed by atoms with Crippen LogP contribution in [0, 0.1) is 12.7 Å². The molecular weight excluding hydrogens is 317 g/mol. The first-order valence-corrected chi connectivity index (χ1v) is 9.54. The fourth-order valence-corrected chi connectivity index (χ4v) is 4.00. The maximum atomic E-state index is 14.3. The number of hydrogen-bond acceptors (Lipinski definition) is 3. The lowest BCUT2D eigenvalue weighted by molar-refractivity contribution is -0.133. The number of nitrogens with zero attached hydrogens (tertiary/aromatic N) is 3. The Hall–Kier alpha value is -1.62. The molecule has 138 valence electrons. The number of likely N-dealkylation sites (N-methyl/N-ethyl adjacent to an activating group) is 1. The highest BCUT2D eigenvalue weighted by Crippen LogP contribution is 2.24. The van der Waals surface area contributed by atoms with E-state index in [1.54, 1.807) is 13.0 Å². The van der Waals surface area contributed by atoms with Gasteiger partial charge < -0.3 is 9.80 Å². The van der Waals surface area contributed by atoms with Crippen molar-refractivity contribution in [3.05, 3.63) is 29.6 Å². The highest BCUT2D eigenvalue weighted by Gasteiger charge is 2.26. The summed E-state index contributed by atoms with van der Waals surface area (Å²) in [5.74, 6) is 0.103. The van der Waals surface area contributed by atoms with E-state index in [0.717, 1.165) is 39.0 Å². The summed E-state index contributed by atoms with van der Waals surface area (Å²) in [4.78, 5) is 18.8. The molecule has 3 rings (SSSR count). The zero-order chi connectivity index (χ0) is 17.8. The van der Waals surface area contributed by atoms with Crippen LogP contribution in [0.2, 0.25) is 0 Å². The Kier molecular flexibility index (Phi) is 5.94. The van der Waals surface area contributed by atoms with Crippen LogP contribution in [0.3, 0.4) is 0 Å². The van der Waals surface area contributed by atoms with E-state index in [2.05, 4.69) is 9.80 Å². The number of piperazine rings is 1. The summed E-state index contributed by atoms with van der Waals surface area (Å²) in [5.41, 5.74) is 1.37. The minimum atomic E-state index is -0.121. The average molecular weight is 347 g/mol. The van der Waals surface area contributed by atoms with E-state index in [9.17, 15) is 9.18 Å². The van der Waals surface area contributed by atoms with Crippen molar-refractivity contribution in [3.63, 3.8) is 0 Å². The van der Waals surface area contributed by atoms with Gasteiger partial charge in [0.15, 0.2) is 0 Å². The van der Waals surface area contributed by atoms with Crippen molar-refractivity contribution in [1.82, 2.24) is 9.80 Å². The van der Waals surface area contributed by atoms with Gasteiger partial charge in [-0.3, -0.25) is 9.69 Å². The van der Waals surface area contributed by atoms with Gasteiger partial charge in [-0.25, -0.2) is 4.39 Å². The first-order chi connectivity index (χ1) is 12.1. The van der Waals surface area contributed by atoms with E-state index < -0.39 is 0 Å². The van der Waals surface area contributed by atoms with E-state index in [-0.39, 0.29) is 11.7 Å². The molecule has 2 aliphatic rings. The first-order valence-electron chi connectivity index (χ1n) is 9.54. The minimum Gasteiger partial charge on any atom is -0.367 e. The number of rotatable bonds is 4. The van der Waals surface area contributed by atoms with Gasteiger partial charge >= 0.3 is 0 Å². The van der Waals surface area contributed by atoms with Crippen molar-refractivity contribution in [3.8, 4) is 0 Å². The second kappa shape index (κ2) is 8.17. The Morgan fingerprint density at radius 3 is 2.52 bits per heavy atom. The number of aryl methyl sites for hydroxylation is 1. The normalized spacial score (nSPS) is 19.9. The van der Waals surface area contributed by atoms with Crippen molar-refractivity contribution in [2.75, 3.05) is 44.7 Å². The topological polar surface area (TPSA) is 26.8 Å². The van der Waals surface area contributed by atoms with E-state index >= 15 is 0 Å². The molecule has 1 aliphatic carbocycles. The van der Waals surface area contributed by atoms with Crippen molar-refractivity contribution in [2.24, 2.45) is 0 Å². The molecule has 1 aliphatic heterocycles. The van der Waals surface area contributed by atoms with Gasteiger partial charge in [-0.1, -0.05) is 31.4 Å². The summed E-state index contributed by atoms with van der Waals surface area (Å²) in [6.45, 7) is 5.42. The molecule has 0 atom stereocenters. The second-order valence-electron chi connectivity index (χ2n) is 7.47. The van der Waals surface area contributed by atoms with Gasteiger partial charge in [0, 0.05) is 39.3 Å². The molecule has 1 amide bonds. The summed E-state index contributed by atoms with van der Waals surface area (Å²) >= 11 is 0. The molecule has 5 heteroatoms. The van der Waals surface area contributed by atoms with Gasteiger partial charge in [-0.05, 0) is 31.4 Å². The first kappa shape index (κ1) is 18.2. The molecule has 1 aromatic rings. The standard InChI is InChI=1S/C20H30FN3O/c1-16-7-6-10-18(20(16)21)24-13-11-23(12-14-24)15-19(25)22(2)17-8-4-3-5-9-17/h6-7,10,17H,3-5,8-9,11-15H2,1-2H3. The Bertz CT molecular complexity index is 593. The van der Waals surface area contributed by atoms with Crippen LogP contribution in [-0.4, -0.2) is 61.5 Å². The monoisotopic (exact) mass is 347 g/mol. The smallest absolute Gasteiger partial charge is 0.236 e. The summed E-state index contributed by atoms with van der Waals surface area (Å²) in [6, 6.07) is 5.97. The number of benzene rings is 1. The molecule has 1 aromatic carbocycles. The Balaban J connectivity index is 1.50. The van der Waals surface area contributed by atoms with Gasteiger partial charge in [-0.15, -0.1) is 0 Å². The molecule has 0 unspecified atom stereocenters. The molecule has 1 heterocycles. The third-order valence-corrected chi connectivity index (χ3v) is 5.76. The molecule has 0 N–H and O–H groups in total. The number of amides is 1. The van der Waals surface area contributed by atoms with Crippen LogP contribution in [0.15, 0.2) is 18.2 Å². The number of hydrogen-bond donors (Lipinski definition) is 0. The Morgan fingerprint density at radius 1 is 1.16 bits per heavy atom. The molecule has 0 radical (unpaired) electrons. The van der Waals surface area contributed by atoms with Crippen LogP contribution in [0.5, 0.6) is 0 Å². The van der Waals surface area contributed by atoms with E-state index in [1.807, 2.05) is 24.1 Å². The summed E-state index contributed by atoms with van der Waals surface area (Å²) in [6.07, 6.45) is 6.06. The van der Waals surface area contributed by atoms with Crippen LogP contribution in [0.4, 0.5) is 10.1 Å². The maximum absolute atomic E-state index is 14.3. The van der Waals surface area contributed by atoms with Gasteiger partial charge in [0.2, 0.25) is 5.91 Å². The highest BCUT2D eigenvalue weighted by molar-refractivity contribution is 5.78. The lowest BCUT2D eigenvalue weighted by Crippen LogP contribution is -2.51. The zero-order valence-electron chi connectivity index (χ0n) is 15.5. The molecule has 2 fully saturated rings. The minimum absolute atomic E-state index is 0.121. The van der Waals surface area contributed by atoms with Crippen LogP contribution >= 0.6 is 0 Å². The zero-order valence-corrected chi connectivity index (χ0v) is 15.5. The van der Waals surface area contributed by atoms with Gasteiger partial charge in [0.25, 0.3) is 0 Å². The lowest BCUT2D eigenvalue weighted by Gasteiger charge is -2.38. The molecule has 1 saturated carbocycles. The summed E-state index contributed by atoms with van der Waals surface area (Å²) in [5, 5.41) is 0. The van der Waals surface area contributed by atoms with Gasteiger partial charge in [0.1, 0.15) is 5.82 Å². The van der Waals surface area contributed by atoms with Crippen LogP contribution in [0.1, 0.15) is 37.7 Å². The van der Waals surface area contributed by atoms with Crippen molar-refractivity contribution in [1.29, 1.82) is 0 Å². The number of halogens is 1. The predicted molar refractivity (Wildman–Crippen MR) is 99.4 cm³/mol. The second-order valence-corrected chi connectivity index (χ2v) is 7.47. The van der Waals surface area contributed by atoms with E-state index in [0.29, 0.717) is 23.8 Å². The molecule has 0 aromatic heterocycles. The lowest BCUT2D eigenvalue weighted by atomic mass is 9.94. The highest BCUT2D eigenvalue weighted by atomic mass is 19.1. The third kappa shape index (κ3) is 4.32. The number of carbonyl (C=O) groups is 1. The van der Waals surface area contributed by atoms with Crippen LogP contribution in [0.25, 0.3) is 0 Å². The average Bonchev–Trinajstić information content (AvgIpc) is 2.65. The largest absolute Gasteiger partial charge is 0.367 e. The SMILES string of the molecule is Cc1cccc(N2CCN(CC(=O)N(C)C3CCCCC3)CC2)c1F. The van der Waals surface area contributed by atoms with Crippen molar-refractivity contribution in [2.45, 2.75) is 45.1 Å². The Labute approximate surface area is 150 Å². The molecule has 25 heavy (non-hydrogen) atoms. The third-order valence-electron chi connectivity index (χ3n) is 5.76. The summed E-state index contributed by atoms with van der Waals surface area (Å²) in [7, 11) is 1.96. The fourth-order valence-electron chi connectivity index (χ4n) is 4.00. The molecule has 1 saturated heterocycles. The predicted octanol–water partition coefficient (Wildman–Crippen LogP) is 3.05. The quantitative estimate of drug-likeness (QED) is 0.838. The fraction of sp³-hybridized carbons (Fsp3) is 0.650. The van der Waals surface area contributed by atoms with Gasteiger partial charge in [-0.2, -0.15) is 0 Å². The van der Waals surface area contributed by atoms with E-state index in [1.165, 1.54) is 19.3 Å². The Morgan fingerprint density at radius 2 is 1.84 bits per heavy atom. The number of anilines is 1. The van der Waals surface area contributed by atoms with Crippen molar-refractivity contribution >= 4 is 11.6 Å². The molecular formula is C20H30FN3O. The summed E-state index contributed by atoms with van der Waals surface area (Å²) < 4.78 is 14.3. The van der Waals surface area contributed by atoms with Crippen LogP contribution < -0.4 is 4.90 Å². The molecule has 4 nitrogen and oxygen atoms in total. The van der Waals surface area contributed by atoms with Crippen molar-refractivity contribution < 1.29 is 9.18 Å². The number of carbonyl (C=O) groups excluding carboxylic acids is 1. The van der Waals surface area contributed by atoms with E-state index in [4.69, 9.17) is 0 Å². The molecule has 0 bridgehead atoms.